The van der Waals surface area contributed by atoms with Gasteiger partial charge in [-0.2, -0.15) is 0 Å². The van der Waals surface area contributed by atoms with Gasteiger partial charge in [0.25, 0.3) is 0 Å². The van der Waals surface area contributed by atoms with Crippen molar-refractivity contribution >= 4 is 5.96 Å². The van der Waals surface area contributed by atoms with Gasteiger partial charge < -0.3 is 15.8 Å². The minimum absolute atomic E-state index is 0.226. The lowest BCUT2D eigenvalue weighted by Crippen LogP contribution is -2.36. The van der Waals surface area contributed by atoms with Crippen molar-refractivity contribution in [3.63, 3.8) is 0 Å². The molecule has 1 fully saturated rings. The van der Waals surface area contributed by atoms with Gasteiger partial charge in [0, 0.05) is 13.2 Å². The van der Waals surface area contributed by atoms with E-state index in [2.05, 4.69) is 10.3 Å². The van der Waals surface area contributed by atoms with Crippen molar-refractivity contribution in [2.45, 2.75) is 38.3 Å². The van der Waals surface area contributed by atoms with Crippen LogP contribution in [0.4, 0.5) is 0 Å². The van der Waals surface area contributed by atoms with Crippen LogP contribution in [0.25, 0.3) is 0 Å². The van der Waals surface area contributed by atoms with E-state index in [1.807, 2.05) is 13.8 Å². The van der Waals surface area contributed by atoms with E-state index in [0.717, 1.165) is 0 Å². The van der Waals surface area contributed by atoms with Gasteiger partial charge in [-0.1, -0.05) is 0 Å². The Balaban J connectivity index is 2.27. The summed E-state index contributed by atoms with van der Waals surface area (Å²) in [7, 11) is 1.68. The maximum atomic E-state index is 5.66. The number of rotatable bonds is 4. The van der Waals surface area contributed by atoms with Gasteiger partial charge in [0.2, 0.25) is 0 Å². The molecule has 1 rings (SSSR count). The molecule has 0 amide bonds. The highest BCUT2D eigenvalue weighted by Gasteiger charge is 2.22. The molecule has 0 aromatic rings. The number of nitrogens with two attached hydrogens (primary N) is 1. The third-order valence-corrected chi connectivity index (χ3v) is 2.11. The van der Waals surface area contributed by atoms with E-state index >= 15 is 0 Å². The van der Waals surface area contributed by atoms with Gasteiger partial charge in [-0.15, -0.1) is 0 Å². The first-order chi connectivity index (χ1) is 6.03. The molecule has 0 aromatic carbocycles. The second-order valence-corrected chi connectivity index (χ2v) is 4.08. The Hall–Kier alpha value is -0.770. The number of hydrogen-bond donors (Lipinski definition) is 2. The number of nitrogens with one attached hydrogen (secondary N) is 1. The predicted molar refractivity (Wildman–Crippen MR) is 53.7 cm³/mol. The number of guanidine groups is 1. The molecule has 0 heterocycles. The molecule has 0 atom stereocenters. The van der Waals surface area contributed by atoms with Gasteiger partial charge in [-0.3, -0.25) is 4.99 Å². The van der Waals surface area contributed by atoms with Crippen molar-refractivity contribution in [2.75, 3.05) is 13.7 Å². The van der Waals surface area contributed by atoms with Gasteiger partial charge >= 0.3 is 0 Å². The van der Waals surface area contributed by atoms with Crippen molar-refractivity contribution in [2.24, 2.45) is 10.7 Å². The third kappa shape index (κ3) is 4.12. The van der Waals surface area contributed by atoms with Crippen molar-refractivity contribution in [1.82, 2.24) is 5.32 Å². The zero-order chi connectivity index (χ0) is 9.90. The molecule has 13 heavy (non-hydrogen) atoms. The summed E-state index contributed by atoms with van der Waals surface area (Å²) in [5.74, 6) is 0.535. The van der Waals surface area contributed by atoms with Gasteiger partial charge in [0.1, 0.15) is 0 Å². The normalized spacial score (nSPS) is 18.8. The summed E-state index contributed by atoms with van der Waals surface area (Å²) in [6, 6.07) is 0.564. The largest absolute Gasteiger partial charge is 0.377 e. The fraction of sp³-hybridized carbons (Fsp3) is 0.889. The fourth-order valence-electron chi connectivity index (χ4n) is 0.823. The zero-order valence-corrected chi connectivity index (χ0v) is 8.63. The number of ether oxygens (including phenoxy) is 1. The Labute approximate surface area is 79.6 Å². The molecule has 0 spiro atoms. The summed E-state index contributed by atoms with van der Waals surface area (Å²) < 4.78 is 5.22. The summed E-state index contributed by atoms with van der Waals surface area (Å²) in [5, 5.41) is 3.12. The minimum Gasteiger partial charge on any atom is -0.377 e. The standard InChI is InChI=1S/C9H19N3O/c1-9(2,13-3)6-11-8(10)12-7-4-5-7/h7H,4-6H2,1-3H3,(H3,10,11,12). The molecule has 0 bridgehead atoms. The average Bonchev–Trinajstić information content (AvgIpc) is 2.85. The number of aliphatic imine (C=N–C) groups is 1. The molecule has 1 aliphatic carbocycles. The fourth-order valence-corrected chi connectivity index (χ4v) is 0.823. The zero-order valence-electron chi connectivity index (χ0n) is 8.63. The molecular weight excluding hydrogens is 166 g/mol. The van der Waals surface area contributed by atoms with E-state index in [9.17, 15) is 0 Å². The van der Waals surface area contributed by atoms with Crippen LogP contribution in [-0.4, -0.2) is 31.3 Å². The first kappa shape index (κ1) is 10.3. The molecule has 0 aromatic heterocycles. The maximum Gasteiger partial charge on any atom is 0.188 e. The van der Waals surface area contributed by atoms with Crippen molar-refractivity contribution in [3.05, 3.63) is 0 Å². The number of methoxy groups -OCH3 is 1. The summed E-state index contributed by atoms with van der Waals surface area (Å²) in [6.07, 6.45) is 2.42. The maximum absolute atomic E-state index is 5.66. The third-order valence-electron chi connectivity index (χ3n) is 2.11. The lowest BCUT2D eigenvalue weighted by Gasteiger charge is -2.20. The summed E-state index contributed by atoms with van der Waals surface area (Å²) in [5.41, 5.74) is 5.43. The monoisotopic (exact) mass is 185 g/mol. The summed E-state index contributed by atoms with van der Waals surface area (Å²) >= 11 is 0. The summed E-state index contributed by atoms with van der Waals surface area (Å²) in [4.78, 5) is 4.21. The van der Waals surface area contributed by atoms with Crippen LogP contribution in [0.2, 0.25) is 0 Å². The van der Waals surface area contributed by atoms with Crippen LogP contribution in [0.5, 0.6) is 0 Å². The second kappa shape index (κ2) is 3.96. The van der Waals surface area contributed by atoms with E-state index in [1.54, 1.807) is 7.11 Å². The second-order valence-electron chi connectivity index (χ2n) is 4.08. The molecule has 1 aliphatic rings. The number of hydrogen-bond acceptors (Lipinski definition) is 2. The Morgan fingerprint density at radius 1 is 1.62 bits per heavy atom. The molecule has 0 radical (unpaired) electrons. The van der Waals surface area contributed by atoms with Crippen molar-refractivity contribution in [3.8, 4) is 0 Å². The lowest BCUT2D eigenvalue weighted by molar-refractivity contribution is 0.0311. The highest BCUT2D eigenvalue weighted by atomic mass is 16.5. The summed E-state index contributed by atoms with van der Waals surface area (Å²) in [6.45, 7) is 4.57. The molecule has 1 saturated carbocycles. The van der Waals surface area contributed by atoms with E-state index < -0.39 is 0 Å². The van der Waals surface area contributed by atoms with Gasteiger partial charge in [0.15, 0.2) is 5.96 Å². The van der Waals surface area contributed by atoms with Crippen molar-refractivity contribution in [1.29, 1.82) is 0 Å². The van der Waals surface area contributed by atoms with Crippen LogP contribution in [0.1, 0.15) is 26.7 Å². The van der Waals surface area contributed by atoms with Crippen molar-refractivity contribution < 1.29 is 4.74 Å². The first-order valence-corrected chi connectivity index (χ1v) is 4.65. The molecule has 4 nitrogen and oxygen atoms in total. The quantitative estimate of drug-likeness (QED) is 0.494. The SMILES string of the molecule is COC(C)(C)CN=C(N)NC1CC1. The lowest BCUT2D eigenvalue weighted by atomic mass is 10.1. The van der Waals surface area contributed by atoms with Crippen LogP contribution in [-0.2, 0) is 4.74 Å². The highest BCUT2D eigenvalue weighted by Crippen LogP contribution is 2.18. The van der Waals surface area contributed by atoms with Crippen LogP contribution in [0, 0.1) is 0 Å². The molecule has 3 N–H and O–H groups in total. The Bertz CT molecular complexity index is 197. The average molecular weight is 185 g/mol. The molecule has 76 valence electrons. The topological polar surface area (TPSA) is 59.6 Å². The van der Waals surface area contributed by atoms with E-state index in [0.29, 0.717) is 18.5 Å². The Morgan fingerprint density at radius 2 is 2.23 bits per heavy atom. The van der Waals surface area contributed by atoms with Crippen LogP contribution >= 0.6 is 0 Å². The van der Waals surface area contributed by atoms with Gasteiger partial charge in [-0.25, -0.2) is 0 Å². The van der Waals surface area contributed by atoms with E-state index in [1.165, 1.54) is 12.8 Å². The van der Waals surface area contributed by atoms with Crippen LogP contribution in [0.3, 0.4) is 0 Å². The van der Waals surface area contributed by atoms with Crippen LogP contribution < -0.4 is 11.1 Å². The van der Waals surface area contributed by atoms with E-state index in [-0.39, 0.29) is 5.60 Å². The molecular formula is C9H19N3O. The molecule has 0 unspecified atom stereocenters. The molecule has 0 saturated heterocycles. The Kier molecular flexibility index (Phi) is 3.14. The van der Waals surface area contributed by atoms with E-state index in [4.69, 9.17) is 10.5 Å². The predicted octanol–water partition coefficient (Wildman–Crippen LogP) is 0.478. The first-order valence-electron chi connectivity index (χ1n) is 4.65. The Morgan fingerprint density at radius 3 is 2.69 bits per heavy atom. The van der Waals surface area contributed by atoms with Gasteiger partial charge in [-0.05, 0) is 26.7 Å². The number of nitrogens with zero attached hydrogens (tertiary/aromatic N) is 1. The highest BCUT2D eigenvalue weighted by molar-refractivity contribution is 5.78. The molecule has 0 aliphatic heterocycles. The molecule has 4 heteroatoms. The van der Waals surface area contributed by atoms with Gasteiger partial charge in [0.05, 0.1) is 12.1 Å². The van der Waals surface area contributed by atoms with Crippen LogP contribution in [0.15, 0.2) is 4.99 Å². The smallest absolute Gasteiger partial charge is 0.188 e. The minimum atomic E-state index is -0.226.